The molecule has 0 aromatic carbocycles. The third-order valence-corrected chi connectivity index (χ3v) is 9.05. The van der Waals surface area contributed by atoms with Gasteiger partial charge in [-0.1, -0.05) is 176 Å². The molecule has 0 aliphatic heterocycles. The van der Waals surface area contributed by atoms with E-state index < -0.39 is 6.10 Å². The molecular formula is C51H82O6. The fourth-order valence-corrected chi connectivity index (χ4v) is 5.67. The number of rotatable bonds is 39. The molecule has 0 N–H and O–H groups in total. The molecule has 6 heteroatoms. The van der Waals surface area contributed by atoms with Crippen LogP contribution in [0.15, 0.2) is 97.2 Å². The first-order valence-electron chi connectivity index (χ1n) is 22.7. The summed E-state index contributed by atoms with van der Waals surface area (Å²) >= 11 is 0. The third-order valence-electron chi connectivity index (χ3n) is 9.05. The van der Waals surface area contributed by atoms with Crippen LogP contribution >= 0.6 is 0 Å². The summed E-state index contributed by atoms with van der Waals surface area (Å²) in [5, 5.41) is 0. The van der Waals surface area contributed by atoms with E-state index in [4.69, 9.17) is 14.2 Å². The maximum Gasteiger partial charge on any atom is 0.306 e. The summed E-state index contributed by atoms with van der Waals surface area (Å²) < 4.78 is 16.5. The highest BCUT2D eigenvalue weighted by atomic mass is 16.6. The lowest BCUT2D eigenvalue weighted by Gasteiger charge is -2.18. The van der Waals surface area contributed by atoms with E-state index in [0.717, 1.165) is 109 Å². The largest absolute Gasteiger partial charge is 0.462 e. The van der Waals surface area contributed by atoms with Crippen LogP contribution in [0.4, 0.5) is 0 Å². The second-order valence-electron chi connectivity index (χ2n) is 14.6. The Bertz CT molecular complexity index is 1180. The normalized spacial score (nSPS) is 13.0. The maximum absolute atomic E-state index is 12.6. The number of unbranched alkanes of at least 4 members (excludes halogenated alkanes) is 12. The standard InChI is InChI=1S/C51H82O6/c1-4-7-10-13-16-18-20-21-22-23-24-25-26-27-28-29-30-31-32-34-35-38-41-44-50(53)56-47-48(46-55-49(52)43-40-37-15-12-9-6-3)57-51(54)45-42-39-36-33-19-17-14-11-8-5-2/h7,10-11,14,16,18,21-22,24-25,27-28,30-31,34-35,48H,4-6,8-9,12-13,15,17,19-20,23,26,29,32-33,36-47H2,1-3H3/b10-7-,14-11-,18-16-,22-21-,25-24-,28-27-,31-30-,35-34-. The molecule has 0 heterocycles. The Morgan fingerprint density at radius 3 is 1.23 bits per heavy atom. The SMILES string of the molecule is CC/C=C\C/C=C\C/C=C\C/C=C\C/C=C\C/C=C\C/C=C\CCCC(=O)OCC(COC(=O)CCCCCCCC)OC(=O)CCCCCCC/C=C\CCC. The zero-order valence-electron chi connectivity index (χ0n) is 36.6. The first-order valence-corrected chi connectivity index (χ1v) is 22.7. The lowest BCUT2D eigenvalue weighted by molar-refractivity contribution is -0.167. The fraction of sp³-hybridized carbons (Fsp3) is 0.627. The van der Waals surface area contributed by atoms with Gasteiger partial charge in [-0.15, -0.1) is 0 Å². The zero-order chi connectivity index (χ0) is 41.5. The van der Waals surface area contributed by atoms with Gasteiger partial charge in [0.05, 0.1) is 0 Å². The molecule has 0 saturated heterocycles. The Kier molecular flexibility index (Phi) is 42.1. The van der Waals surface area contributed by atoms with E-state index in [1.54, 1.807) is 0 Å². The van der Waals surface area contributed by atoms with E-state index in [1.807, 2.05) is 0 Å². The van der Waals surface area contributed by atoms with E-state index in [9.17, 15) is 14.4 Å². The highest BCUT2D eigenvalue weighted by molar-refractivity contribution is 5.71. The molecule has 6 nitrogen and oxygen atoms in total. The third kappa shape index (κ3) is 43.3. The molecule has 57 heavy (non-hydrogen) atoms. The van der Waals surface area contributed by atoms with E-state index in [1.165, 1.54) is 32.1 Å². The average molecular weight is 791 g/mol. The zero-order valence-corrected chi connectivity index (χ0v) is 36.6. The summed E-state index contributed by atoms with van der Waals surface area (Å²) in [5.74, 6) is -0.995. The fourth-order valence-electron chi connectivity index (χ4n) is 5.67. The predicted octanol–water partition coefficient (Wildman–Crippen LogP) is 14.6. The Morgan fingerprint density at radius 1 is 0.368 bits per heavy atom. The van der Waals surface area contributed by atoms with E-state index in [0.29, 0.717) is 19.3 Å². The molecule has 0 saturated carbocycles. The van der Waals surface area contributed by atoms with Gasteiger partial charge in [0.25, 0.3) is 0 Å². The van der Waals surface area contributed by atoms with Crippen molar-refractivity contribution < 1.29 is 28.6 Å². The van der Waals surface area contributed by atoms with Crippen LogP contribution in [0.2, 0.25) is 0 Å². The summed E-state index contributed by atoms with van der Waals surface area (Å²) in [7, 11) is 0. The van der Waals surface area contributed by atoms with Crippen molar-refractivity contribution in [1.82, 2.24) is 0 Å². The molecule has 0 rings (SSSR count). The van der Waals surface area contributed by atoms with Gasteiger partial charge in [0, 0.05) is 19.3 Å². The minimum Gasteiger partial charge on any atom is -0.462 e. The van der Waals surface area contributed by atoms with Crippen molar-refractivity contribution in [2.75, 3.05) is 13.2 Å². The van der Waals surface area contributed by atoms with Gasteiger partial charge >= 0.3 is 17.9 Å². The van der Waals surface area contributed by atoms with Crippen LogP contribution in [0.1, 0.15) is 188 Å². The number of allylic oxidation sites excluding steroid dienone is 16. The van der Waals surface area contributed by atoms with Crippen molar-refractivity contribution in [1.29, 1.82) is 0 Å². The van der Waals surface area contributed by atoms with Crippen LogP contribution in [0, 0.1) is 0 Å². The minimum atomic E-state index is -0.800. The number of hydrogen-bond donors (Lipinski definition) is 0. The van der Waals surface area contributed by atoms with Crippen LogP contribution in [-0.2, 0) is 28.6 Å². The van der Waals surface area contributed by atoms with Crippen LogP contribution in [0.25, 0.3) is 0 Å². The molecule has 0 spiro atoms. The molecule has 1 atom stereocenters. The molecule has 0 amide bonds. The van der Waals surface area contributed by atoms with Crippen LogP contribution in [-0.4, -0.2) is 37.2 Å². The summed E-state index contributed by atoms with van der Waals surface area (Å²) in [6.07, 6.45) is 58.5. The van der Waals surface area contributed by atoms with Crippen LogP contribution < -0.4 is 0 Å². The summed E-state index contributed by atoms with van der Waals surface area (Å²) in [6, 6.07) is 0. The van der Waals surface area contributed by atoms with Crippen molar-refractivity contribution in [2.45, 2.75) is 194 Å². The molecule has 0 fully saturated rings. The van der Waals surface area contributed by atoms with Gasteiger partial charge in [-0.3, -0.25) is 14.4 Å². The summed E-state index contributed by atoms with van der Waals surface area (Å²) in [4.78, 5) is 37.5. The Morgan fingerprint density at radius 2 is 0.737 bits per heavy atom. The average Bonchev–Trinajstić information content (AvgIpc) is 3.21. The van der Waals surface area contributed by atoms with Gasteiger partial charge in [0.2, 0.25) is 0 Å². The Balaban J connectivity index is 4.33. The molecule has 0 aliphatic carbocycles. The molecule has 0 aliphatic rings. The summed E-state index contributed by atoms with van der Waals surface area (Å²) in [5.41, 5.74) is 0. The van der Waals surface area contributed by atoms with Gasteiger partial charge in [-0.25, -0.2) is 0 Å². The van der Waals surface area contributed by atoms with Gasteiger partial charge < -0.3 is 14.2 Å². The number of carbonyl (C=O) groups excluding carboxylic acids is 3. The van der Waals surface area contributed by atoms with Gasteiger partial charge in [-0.2, -0.15) is 0 Å². The molecule has 0 aromatic rings. The quantitative estimate of drug-likeness (QED) is 0.0267. The van der Waals surface area contributed by atoms with Crippen molar-refractivity contribution in [3.8, 4) is 0 Å². The highest BCUT2D eigenvalue weighted by Gasteiger charge is 2.19. The van der Waals surface area contributed by atoms with E-state index in [2.05, 4.69) is 118 Å². The monoisotopic (exact) mass is 791 g/mol. The van der Waals surface area contributed by atoms with Crippen molar-refractivity contribution in [3.05, 3.63) is 97.2 Å². The number of esters is 3. The van der Waals surface area contributed by atoms with Gasteiger partial charge in [-0.05, 0) is 89.9 Å². The lowest BCUT2D eigenvalue weighted by Crippen LogP contribution is -2.30. The molecule has 322 valence electrons. The lowest BCUT2D eigenvalue weighted by atomic mass is 10.1. The van der Waals surface area contributed by atoms with Crippen LogP contribution in [0.3, 0.4) is 0 Å². The number of hydrogen-bond acceptors (Lipinski definition) is 6. The van der Waals surface area contributed by atoms with Crippen LogP contribution in [0.5, 0.6) is 0 Å². The number of ether oxygens (including phenoxy) is 3. The van der Waals surface area contributed by atoms with Crippen molar-refractivity contribution in [2.24, 2.45) is 0 Å². The molecule has 0 bridgehead atoms. The van der Waals surface area contributed by atoms with Gasteiger partial charge in [0.15, 0.2) is 6.10 Å². The topological polar surface area (TPSA) is 78.9 Å². The Hall–Kier alpha value is -3.67. The second kappa shape index (κ2) is 45.0. The Labute approximate surface area is 349 Å². The highest BCUT2D eigenvalue weighted by Crippen LogP contribution is 2.12. The van der Waals surface area contributed by atoms with Crippen molar-refractivity contribution >= 4 is 17.9 Å². The smallest absolute Gasteiger partial charge is 0.306 e. The van der Waals surface area contributed by atoms with E-state index >= 15 is 0 Å². The van der Waals surface area contributed by atoms with E-state index in [-0.39, 0.29) is 37.5 Å². The first-order chi connectivity index (χ1) is 28.0. The molecule has 1 unspecified atom stereocenters. The van der Waals surface area contributed by atoms with Crippen molar-refractivity contribution in [3.63, 3.8) is 0 Å². The predicted molar refractivity (Wildman–Crippen MR) is 242 cm³/mol. The minimum absolute atomic E-state index is 0.101. The maximum atomic E-state index is 12.6. The first kappa shape index (κ1) is 53.3. The molecular weight excluding hydrogens is 709 g/mol. The molecule has 0 radical (unpaired) electrons. The number of carbonyl (C=O) groups is 3. The summed E-state index contributed by atoms with van der Waals surface area (Å²) in [6.45, 7) is 6.31. The molecule has 0 aromatic heterocycles. The van der Waals surface area contributed by atoms with Gasteiger partial charge in [0.1, 0.15) is 13.2 Å². The second-order valence-corrected chi connectivity index (χ2v) is 14.6.